The van der Waals surface area contributed by atoms with Crippen LogP contribution in [-0.4, -0.2) is 31.8 Å². The highest BCUT2D eigenvalue weighted by Gasteiger charge is 2.36. The van der Waals surface area contributed by atoms with Gasteiger partial charge in [-0.3, -0.25) is 14.4 Å². The summed E-state index contributed by atoms with van der Waals surface area (Å²) < 4.78 is 15.9. The maximum Gasteiger partial charge on any atom is 0.329 e. The van der Waals surface area contributed by atoms with Crippen molar-refractivity contribution in [3.05, 3.63) is 40.1 Å². The van der Waals surface area contributed by atoms with E-state index in [1.54, 1.807) is 12.1 Å². The first-order valence-corrected chi connectivity index (χ1v) is 7.74. The number of allylic oxidation sites excluding steroid dienone is 3. The Morgan fingerprint density at radius 2 is 1.83 bits per heavy atom. The van der Waals surface area contributed by atoms with Crippen molar-refractivity contribution in [1.82, 2.24) is 0 Å². The second-order valence-electron chi connectivity index (χ2n) is 4.98. The zero-order chi connectivity index (χ0) is 17.9. The topological polar surface area (TPSA) is 78.9 Å². The van der Waals surface area contributed by atoms with Crippen molar-refractivity contribution in [2.45, 2.75) is 6.92 Å². The Morgan fingerprint density at radius 1 is 1.21 bits per heavy atom. The smallest absolute Gasteiger partial charge is 0.329 e. The van der Waals surface area contributed by atoms with Crippen molar-refractivity contribution in [2.24, 2.45) is 5.92 Å². The predicted octanol–water partition coefficient (Wildman–Crippen LogP) is 2.69. The lowest BCUT2D eigenvalue weighted by Crippen LogP contribution is -2.34. The van der Waals surface area contributed by atoms with Gasteiger partial charge in [0.1, 0.15) is 5.76 Å². The Bertz CT molecular complexity index is 763. The van der Waals surface area contributed by atoms with E-state index in [1.165, 1.54) is 33.3 Å². The number of ether oxygens (including phenoxy) is 3. The lowest BCUT2D eigenvalue weighted by molar-refractivity contribution is -0.151. The molecular weight excluding hydrogens is 380 g/mol. The van der Waals surface area contributed by atoms with Gasteiger partial charge >= 0.3 is 5.97 Å². The van der Waals surface area contributed by atoms with E-state index in [2.05, 4.69) is 15.9 Å². The Labute approximate surface area is 147 Å². The Morgan fingerprint density at radius 3 is 2.42 bits per heavy atom. The van der Waals surface area contributed by atoms with E-state index in [9.17, 15) is 14.4 Å². The number of carbonyl (C=O) groups is 3. The fourth-order valence-electron chi connectivity index (χ4n) is 2.17. The van der Waals surface area contributed by atoms with Crippen molar-refractivity contribution in [3.63, 3.8) is 0 Å². The molecule has 1 aromatic carbocycles. The summed E-state index contributed by atoms with van der Waals surface area (Å²) in [5.74, 6) is -2.34. The molecule has 1 aromatic rings. The number of hydrogen-bond donors (Lipinski definition) is 0. The van der Waals surface area contributed by atoms with E-state index >= 15 is 0 Å². The molecular formula is C17H15BrO6. The monoisotopic (exact) mass is 394 g/mol. The highest BCUT2D eigenvalue weighted by Crippen LogP contribution is 2.34. The van der Waals surface area contributed by atoms with Crippen LogP contribution >= 0.6 is 15.9 Å². The normalized spacial score (nSPS) is 17.5. The summed E-state index contributed by atoms with van der Waals surface area (Å²) >= 11 is 3.36. The van der Waals surface area contributed by atoms with Crippen LogP contribution in [0.1, 0.15) is 12.5 Å². The first kappa shape index (κ1) is 17.9. The van der Waals surface area contributed by atoms with Crippen LogP contribution in [0.5, 0.6) is 11.5 Å². The van der Waals surface area contributed by atoms with Gasteiger partial charge in [-0.25, -0.2) is 0 Å². The summed E-state index contributed by atoms with van der Waals surface area (Å²) in [6.45, 7) is 1.48. The molecule has 0 bridgehead atoms. The van der Waals surface area contributed by atoms with Gasteiger partial charge in [0.05, 0.1) is 14.2 Å². The quantitative estimate of drug-likeness (QED) is 0.434. The van der Waals surface area contributed by atoms with Crippen LogP contribution in [0.25, 0.3) is 6.08 Å². The maximum absolute atomic E-state index is 12.2. The molecule has 0 saturated heterocycles. The molecule has 0 amide bonds. The minimum atomic E-state index is -1.45. The van der Waals surface area contributed by atoms with Gasteiger partial charge in [-0.1, -0.05) is 22.0 Å². The van der Waals surface area contributed by atoms with E-state index < -0.39 is 23.5 Å². The van der Waals surface area contributed by atoms with Crippen LogP contribution in [0.4, 0.5) is 0 Å². The molecule has 0 aliphatic carbocycles. The molecule has 0 radical (unpaired) electrons. The van der Waals surface area contributed by atoms with Crippen LogP contribution in [0.15, 0.2) is 34.5 Å². The van der Waals surface area contributed by atoms with Gasteiger partial charge in [0, 0.05) is 10.5 Å². The van der Waals surface area contributed by atoms with Crippen LogP contribution in [0, 0.1) is 5.92 Å². The number of carbonyl (C=O) groups excluding carboxylic acids is 3. The molecule has 126 valence electrons. The van der Waals surface area contributed by atoms with Gasteiger partial charge in [-0.15, -0.1) is 0 Å². The molecule has 1 aliphatic rings. The molecule has 1 aliphatic heterocycles. The number of benzene rings is 1. The van der Waals surface area contributed by atoms with Gasteiger partial charge in [0.2, 0.25) is 0 Å². The molecule has 6 nitrogen and oxygen atoms in total. The van der Waals surface area contributed by atoms with Crippen molar-refractivity contribution < 1.29 is 28.6 Å². The van der Waals surface area contributed by atoms with Gasteiger partial charge in [0.25, 0.3) is 0 Å². The lowest BCUT2D eigenvalue weighted by Gasteiger charge is -2.15. The summed E-state index contributed by atoms with van der Waals surface area (Å²) in [6.07, 6.45) is 3.80. The fourth-order valence-corrected chi connectivity index (χ4v) is 2.62. The minimum Gasteiger partial charge on any atom is -0.493 e. The van der Waals surface area contributed by atoms with Crippen LogP contribution in [0.3, 0.4) is 0 Å². The average Bonchev–Trinajstić information content (AvgIpc) is 2.52. The number of rotatable bonds is 5. The van der Waals surface area contributed by atoms with Crippen LogP contribution in [0.2, 0.25) is 0 Å². The highest BCUT2D eigenvalue weighted by molar-refractivity contribution is 9.10. The lowest BCUT2D eigenvalue weighted by atomic mass is 9.96. The molecule has 0 spiro atoms. The number of cyclic esters (lactones) is 1. The molecule has 0 fully saturated rings. The molecule has 0 saturated carbocycles. The Balaban J connectivity index is 2.26. The molecule has 2 rings (SSSR count). The van der Waals surface area contributed by atoms with Gasteiger partial charge in [-0.2, -0.15) is 0 Å². The summed E-state index contributed by atoms with van der Waals surface area (Å²) in [6, 6.07) is 3.35. The van der Waals surface area contributed by atoms with E-state index in [4.69, 9.17) is 14.2 Å². The van der Waals surface area contributed by atoms with Crippen molar-refractivity contribution >= 4 is 39.5 Å². The second-order valence-corrected chi connectivity index (χ2v) is 5.83. The molecule has 0 unspecified atom stereocenters. The Hall–Kier alpha value is -2.41. The molecule has 1 atom stereocenters. The molecule has 0 N–H and O–H groups in total. The fraction of sp³-hybridized carbons (Fsp3) is 0.235. The summed E-state index contributed by atoms with van der Waals surface area (Å²) in [7, 11) is 3.01. The molecule has 24 heavy (non-hydrogen) atoms. The number of halogens is 1. The SMILES string of the molecule is COc1cc(Br)c(/C=C/C(=O)[C@@H]2C(=O)C=C(C)OC2=O)cc1OC. The van der Waals surface area contributed by atoms with Crippen molar-refractivity contribution in [1.29, 1.82) is 0 Å². The van der Waals surface area contributed by atoms with Gasteiger partial charge < -0.3 is 14.2 Å². The first-order valence-electron chi connectivity index (χ1n) is 6.94. The van der Waals surface area contributed by atoms with Crippen LogP contribution < -0.4 is 9.47 Å². The zero-order valence-corrected chi connectivity index (χ0v) is 14.9. The summed E-state index contributed by atoms with van der Waals surface area (Å²) in [4.78, 5) is 35.8. The van der Waals surface area contributed by atoms with Crippen molar-refractivity contribution in [3.8, 4) is 11.5 Å². The third kappa shape index (κ3) is 3.73. The van der Waals surface area contributed by atoms with E-state index in [-0.39, 0.29) is 5.76 Å². The zero-order valence-electron chi connectivity index (χ0n) is 13.3. The number of hydrogen-bond acceptors (Lipinski definition) is 6. The minimum absolute atomic E-state index is 0.181. The summed E-state index contributed by atoms with van der Waals surface area (Å²) in [5, 5.41) is 0. The third-order valence-corrected chi connectivity index (χ3v) is 4.03. The van der Waals surface area contributed by atoms with Gasteiger partial charge in [0.15, 0.2) is 29.0 Å². The number of methoxy groups -OCH3 is 2. The standard InChI is InChI=1S/C17H15BrO6/c1-9-6-13(20)16(17(21)24-9)12(19)5-4-10-7-14(22-2)15(23-3)8-11(10)18/h4-8,16H,1-3H3/b5-4+/t16-/m1/s1. The van der Waals surface area contributed by atoms with Crippen LogP contribution in [-0.2, 0) is 19.1 Å². The van der Waals surface area contributed by atoms with Crippen molar-refractivity contribution in [2.75, 3.05) is 14.2 Å². The molecule has 0 aromatic heterocycles. The maximum atomic E-state index is 12.2. The second kappa shape index (κ2) is 7.44. The molecule has 1 heterocycles. The van der Waals surface area contributed by atoms with Gasteiger partial charge in [-0.05, 0) is 30.7 Å². The number of ketones is 2. The van der Waals surface area contributed by atoms with E-state index in [1.807, 2.05) is 0 Å². The third-order valence-electron chi connectivity index (χ3n) is 3.34. The Kier molecular flexibility index (Phi) is 5.56. The predicted molar refractivity (Wildman–Crippen MR) is 89.6 cm³/mol. The highest BCUT2D eigenvalue weighted by atomic mass is 79.9. The molecule has 7 heteroatoms. The summed E-state index contributed by atoms with van der Waals surface area (Å²) in [5.41, 5.74) is 0.629. The average molecular weight is 395 g/mol. The first-order chi connectivity index (χ1) is 11.4. The largest absolute Gasteiger partial charge is 0.493 e. The number of esters is 1. The van der Waals surface area contributed by atoms with E-state index in [0.29, 0.717) is 21.5 Å². The van der Waals surface area contributed by atoms with E-state index in [0.717, 1.165) is 6.08 Å².